The molecule has 3 unspecified atom stereocenters. The average Bonchev–Trinajstić information content (AvgIpc) is 3.78. The first kappa shape index (κ1) is 26.2. The van der Waals surface area contributed by atoms with E-state index in [9.17, 15) is 19.5 Å². The number of benzene rings is 3. The second-order valence-corrected chi connectivity index (χ2v) is 10.2. The lowest BCUT2D eigenvalue weighted by Crippen LogP contribution is -2.42. The summed E-state index contributed by atoms with van der Waals surface area (Å²) >= 11 is 0. The highest BCUT2D eigenvalue weighted by atomic mass is 16.6. The maximum atomic E-state index is 13.4. The first-order valence-electron chi connectivity index (χ1n) is 13.4. The van der Waals surface area contributed by atoms with E-state index in [1.807, 2.05) is 61.5 Å². The molecule has 2 aliphatic rings. The van der Waals surface area contributed by atoms with Gasteiger partial charge in [-0.3, -0.25) is 4.79 Å². The molecular formula is C32H32N2O5. The smallest absolute Gasteiger partial charge is 0.339 e. The maximum Gasteiger partial charge on any atom is 0.339 e. The Kier molecular flexibility index (Phi) is 7.77. The zero-order valence-electron chi connectivity index (χ0n) is 21.8. The highest BCUT2D eigenvalue weighted by molar-refractivity contribution is 6.09. The van der Waals surface area contributed by atoms with Crippen LogP contribution in [0.3, 0.4) is 0 Å². The summed E-state index contributed by atoms with van der Waals surface area (Å²) in [4.78, 5) is 39.3. The molecule has 0 radical (unpaired) electrons. The summed E-state index contributed by atoms with van der Waals surface area (Å²) in [7, 11) is 0. The van der Waals surface area contributed by atoms with Crippen LogP contribution in [-0.4, -0.2) is 29.0 Å². The number of aliphatic hydroxyl groups is 1. The minimum Gasteiger partial charge on any atom is -0.504 e. The summed E-state index contributed by atoms with van der Waals surface area (Å²) in [6, 6.07) is 25.6. The molecule has 3 N–H and O–H groups in total. The number of hydrogen-bond donors (Lipinski definition) is 3. The summed E-state index contributed by atoms with van der Waals surface area (Å²) in [5, 5.41) is 16.7. The number of aliphatic hydroxyl groups excluding tert-OH is 1. The molecule has 1 aliphatic heterocycles. The fraction of sp³-hybridized carbons (Fsp3) is 0.281. The third-order valence-electron chi connectivity index (χ3n) is 7.43. The lowest BCUT2D eigenvalue weighted by Gasteiger charge is -2.31. The summed E-state index contributed by atoms with van der Waals surface area (Å²) in [6.07, 6.45) is 1.88. The molecule has 3 aromatic rings. The molecule has 0 bridgehead atoms. The first-order chi connectivity index (χ1) is 18.9. The standard InChI is InChI=1S/C32H32N2O5/c1-2-21(18-20-10-5-3-6-11-20)30-29(36)28(35)27(31(37)39-30)26(22-16-17-22)23-12-9-15-25(19-23)34-32(38)33-24-13-7-4-8-14-24/h3-15,19,21-22,26,30,35H,2,16-18H2,1H3,(H2,33,34,38). The molecule has 1 saturated carbocycles. The second kappa shape index (κ2) is 11.6. The number of urea groups is 1. The van der Waals surface area contributed by atoms with Crippen molar-refractivity contribution in [3.8, 4) is 0 Å². The van der Waals surface area contributed by atoms with Crippen LogP contribution >= 0.6 is 0 Å². The predicted molar refractivity (Wildman–Crippen MR) is 149 cm³/mol. The summed E-state index contributed by atoms with van der Waals surface area (Å²) in [5.74, 6) is -2.35. The van der Waals surface area contributed by atoms with Gasteiger partial charge in [0, 0.05) is 23.2 Å². The van der Waals surface area contributed by atoms with Gasteiger partial charge in [0.05, 0.1) is 5.57 Å². The van der Waals surface area contributed by atoms with Crippen LogP contribution in [-0.2, 0) is 20.7 Å². The van der Waals surface area contributed by atoms with Gasteiger partial charge in [0.2, 0.25) is 5.78 Å². The molecule has 7 nitrogen and oxygen atoms in total. The third-order valence-corrected chi connectivity index (χ3v) is 7.43. The Morgan fingerprint density at radius 2 is 1.56 bits per heavy atom. The van der Waals surface area contributed by atoms with Gasteiger partial charge in [-0.25, -0.2) is 9.59 Å². The lowest BCUT2D eigenvalue weighted by atomic mass is 9.81. The average molecular weight is 525 g/mol. The molecule has 0 aromatic heterocycles. The van der Waals surface area contributed by atoms with Crippen molar-refractivity contribution < 1.29 is 24.2 Å². The van der Waals surface area contributed by atoms with Gasteiger partial charge < -0.3 is 20.5 Å². The number of Topliss-reactive ketones (excluding diaryl/α,β-unsaturated/α-hetero) is 1. The number of para-hydroxylation sites is 1. The van der Waals surface area contributed by atoms with Gasteiger partial charge in [-0.05, 0) is 67.0 Å². The molecule has 3 atom stereocenters. The Morgan fingerprint density at radius 1 is 0.923 bits per heavy atom. The van der Waals surface area contributed by atoms with Crippen molar-refractivity contribution in [3.05, 3.63) is 107 Å². The fourth-order valence-corrected chi connectivity index (χ4v) is 5.29. The van der Waals surface area contributed by atoms with Crippen molar-refractivity contribution in [3.63, 3.8) is 0 Å². The SMILES string of the molecule is CCC(Cc1ccccc1)C1OC(=O)C(C(c2cccc(NC(=O)Nc3ccccc3)c2)C2CC2)=C(O)C1=O. The number of nitrogens with one attached hydrogen (secondary N) is 2. The highest BCUT2D eigenvalue weighted by Crippen LogP contribution is 2.49. The molecule has 39 heavy (non-hydrogen) atoms. The largest absolute Gasteiger partial charge is 0.504 e. The number of amides is 2. The third kappa shape index (κ3) is 6.03. The molecule has 0 spiro atoms. The summed E-state index contributed by atoms with van der Waals surface area (Å²) < 4.78 is 5.76. The van der Waals surface area contributed by atoms with E-state index in [0.29, 0.717) is 24.2 Å². The van der Waals surface area contributed by atoms with Gasteiger partial charge in [-0.15, -0.1) is 0 Å². The van der Waals surface area contributed by atoms with Gasteiger partial charge in [-0.2, -0.15) is 0 Å². The van der Waals surface area contributed by atoms with E-state index in [1.54, 1.807) is 30.3 Å². The Labute approximate surface area is 227 Å². The second-order valence-electron chi connectivity index (χ2n) is 10.2. The van der Waals surface area contributed by atoms with E-state index < -0.39 is 35.6 Å². The molecule has 200 valence electrons. The molecule has 1 heterocycles. The molecule has 1 aliphatic carbocycles. The number of carbonyl (C=O) groups excluding carboxylic acids is 3. The number of rotatable bonds is 9. The van der Waals surface area contributed by atoms with Gasteiger partial charge in [0.25, 0.3) is 0 Å². The summed E-state index contributed by atoms with van der Waals surface area (Å²) in [5.41, 5.74) is 2.98. The van der Waals surface area contributed by atoms with Crippen LogP contribution in [0.15, 0.2) is 96.3 Å². The zero-order chi connectivity index (χ0) is 27.4. The van der Waals surface area contributed by atoms with Gasteiger partial charge >= 0.3 is 12.0 Å². The maximum absolute atomic E-state index is 13.4. The van der Waals surface area contributed by atoms with E-state index in [0.717, 1.165) is 24.0 Å². The van der Waals surface area contributed by atoms with Gasteiger partial charge in [0.15, 0.2) is 11.9 Å². The lowest BCUT2D eigenvalue weighted by molar-refractivity contribution is -0.158. The van der Waals surface area contributed by atoms with Gasteiger partial charge in [0.1, 0.15) is 0 Å². The number of esters is 1. The Hall–Kier alpha value is -4.39. The molecule has 1 fully saturated rings. The van der Waals surface area contributed by atoms with Crippen molar-refractivity contribution in [2.75, 3.05) is 10.6 Å². The van der Waals surface area contributed by atoms with Gasteiger partial charge in [-0.1, -0.05) is 67.6 Å². The van der Waals surface area contributed by atoms with Crippen LogP contribution in [0.5, 0.6) is 0 Å². The van der Waals surface area contributed by atoms with Crippen LogP contribution in [0.4, 0.5) is 16.2 Å². The Bertz CT molecular complexity index is 1380. The predicted octanol–water partition coefficient (Wildman–Crippen LogP) is 6.40. The van der Waals surface area contributed by atoms with Crippen LogP contribution in [0.1, 0.15) is 43.2 Å². The first-order valence-corrected chi connectivity index (χ1v) is 13.4. The Morgan fingerprint density at radius 3 is 2.23 bits per heavy atom. The number of hydrogen-bond acceptors (Lipinski definition) is 5. The van der Waals surface area contributed by atoms with Crippen LogP contribution in [0, 0.1) is 11.8 Å². The van der Waals surface area contributed by atoms with Crippen molar-refractivity contribution in [2.45, 2.75) is 44.6 Å². The fourth-order valence-electron chi connectivity index (χ4n) is 5.29. The number of carbonyl (C=O) groups is 3. The van der Waals surface area contributed by atoms with E-state index in [-0.39, 0.29) is 17.4 Å². The van der Waals surface area contributed by atoms with Crippen molar-refractivity contribution in [2.24, 2.45) is 11.8 Å². The summed E-state index contributed by atoms with van der Waals surface area (Å²) in [6.45, 7) is 1.95. The quantitative estimate of drug-likeness (QED) is 0.281. The monoisotopic (exact) mass is 524 g/mol. The molecule has 3 aromatic carbocycles. The molecule has 5 rings (SSSR count). The van der Waals surface area contributed by atoms with Crippen LogP contribution in [0.2, 0.25) is 0 Å². The highest BCUT2D eigenvalue weighted by Gasteiger charge is 2.47. The van der Waals surface area contributed by atoms with E-state index in [2.05, 4.69) is 10.6 Å². The molecular weight excluding hydrogens is 492 g/mol. The van der Waals surface area contributed by atoms with Crippen molar-refractivity contribution in [1.29, 1.82) is 0 Å². The Balaban J connectivity index is 1.37. The minimum absolute atomic E-state index is 0.0131. The number of ether oxygens (including phenoxy) is 1. The zero-order valence-corrected chi connectivity index (χ0v) is 21.8. The molecule has 0 saturated heterocycles. The van der Waals surface area contributed by atoms with E-state index >= 15 is 0 Å². The number of cyclic esters (lactones) is 1. The van der Waals surface area contributed by atoms with E-state index in [4.69, 9.17) is 4.74 Å². The van der Waals surface area contributed by atoms with E-state index in [1.165, 1.54) is 0 Å². The normalized spacial score (nSPS) is 18.7. The number of ketones is 1. The van der Waals surface area contributed by atoms with Crippen molar-refractivity contribution >= 4 is 29.2 Å². The molecule has 7 heteroatoms. The topological polar surface area (TPSA) is 105 Å². The van der Waals surface area contributed by atoms with Crippen LogP contribution in [0.25, 0.3) is 0 Å². The van der Waals surface area contributed by atoms with Crippen molar-refractivity contribution in [1.82, 2.24) is 0 Å². The number of anilines is 2. The van der Waals surface area contributed by atoms with Crippen LogP contribution < -0.4 is 10.6 Å². The molecule has 2 amide bonds. The minimum atomic E-state index is -1.03.